The molecule has 2 amide bonds. The third-order valence-electron chi connectivity index (χ3n) is 4.55. The van der Waals surface area contributed by atoms with Crippen LogP contribution in [-0.2, 0) is 16.1 Å². The molecule has 0 fully saturated rings. The molecule has 0 unspecified atom stereocenters. The van der Waals surface area contributed by atoms with Gasteiger partial charge in [-0.3, -0.25) is 9.36 Å². The maximum absolute atomic E-state index is 13.0. The molecular formula is C19H28N4O4. The van der Waals surface area contributed by atoms with Crippen LogP contribution in [0.2, 0.25) is 0 Å². The number of benzene rings is 1. The highest BCUT2D eigenvalue weighted by atomic mass is 16.5. The van der Waals surface area contributed by atoms with Gasteiger partial charge in [0.15, 0.2) is 0 Å². The molecule has 0 aliphatic carbocycles. The first-order valence-electron chi connectivity index (χ1n) is 8.74. The van der Waals surface area contributed by atoms with E-state index in [4.69, 9.17) is 10.5 Å². The number of methoxy groups -OCH3 is 1. The van der Waals surface area contributed by atoms with Crippen molar-refractivity contribution in [3.05, 3.63) is 34.7 Å². The normalized spacial score (nSPS) is 13.6. The molecule has 3 N–H and O–H groups in total. The van der Waals surface area contributed by atoms with Crippen molar-refractivity contribution in [1.82, 2.24) is 14.5 Å². The monoisotopic (exact) mass is 376 g/mol. The van der Waals surface area contributed by atoms with Crippen LogP contribution in [0.1, 0.15) is 34.6 Å². The molecule has 27 heavy (non-hydrogen) atoms. The van der Waals surface area contributed by atoms with Gasteiger partial charge in [-0.15, -0.1) is 0 Å². The zero-order valence-corrected chi connectivity index (χ0v) is 16.7. The van der Waals surface area contributed by atoms with Crippen LogP contribution < -0.4 is 16.7 Å². The van der Waals surface area contributed by atoms with Gasteiger partial charge in [-0.1, -0.05) is 32.9 Å². The predicted octanol–water partition coefficient (Wildman–Crippen LogP) is 1.69. The highest BCUT2D eigenvalue weighted by Gasteiger charge is 2.33. The molecule has 0 spiro atoms. The molecule has 1 aromatic carbocycles. The molecule has 1 atom stereocenters. The molecule has 0 bridgehead atoms. The van der Waals surface area contributed by atoms with E-state index in [0.29, 0.717) is 11.0 Å². The van der Waals surface area contributed by atoms with E-state index in [9.17, 15) is 14.4 Å². The molecular weight excluding hydrogens is 348 g/mol. The van der Waals surface area contributed by atoms with Crippen LogP contribution >= 0.6 is 0 Å². The summed E-state index contributed by atoms with van der Waals surface area (Å²) in [6.07, 6.45) is 0. The third kappa shape index (κ3) is 4.21. The molecule has 1 aromatic heterocycles. The molecule has 148 valence electrons. The Morgan fingerprint density at radius 3 is 2.19 bits per heavy atom. The van der Waals surface area contributed by atoms with Crippen molar-refractivity contribution < 1.29 is 14.3 Å². The second-order valence-corrected chi connectivity index (χ2v) is 8.31. The lowest BCUT2D eigenvalue weighted by molar-refractivity contribution is -0.122. The fourth-order valence-electron chi connectivity index (χ4n) is 2.91. The molecule has 8 nitrogen and oxygen atoms in total. The van der Waals surface area contributed by atoms with Gasteiger partial charge in [0.05, 0.1) is 23.2 Å². The molecule has 0 saturated carbocycles. The number of primary amides is 1. The zero-order chi connectivity index (χ0) is 20.6. The Kier molecular flexibility index (Phi) is 5.51. The van der Waals surface area contributed by atoms with Gasteiger partial charge in [-0.05, 0) is 31.4 Å². The molecule has 2 aromatic rings. The van der Waals surface area contributed by atoms with Crippen LogP contribution in [0.5, 0.6) is 0 Å². The number of carbonyl (C=O) groups excluding carboxylic acids is 2. The summed E-state index contributed by atoms with van der Waals surface area (Å²) in [7, 11) is 1.57. The summed E-state index contributed by atoms with van der Waals surface area (Å²) in [5.41, 5.74) is 4.80. The van der Waals surface area contributed by atoms with Crippen LogP contribution in [0.25, 0.3) is 11.0 Å². The summed E-state index contributed by atoms with van der Waals surface area (Å²) < 4.78 is 7.95. The molecule has 0 aliphatic heterocycles. The molecule has 2 rings (SSSR count). The van der Waals surface area contributed by atoms with E-state index in [1.807, 2.05) is 13.8 Å². The van der Waals surface area contributed by atoms with Crippen LogP contribution in [0.4, 0.5) is 4.79 Å². The summed E-state index contributed by atoms with van der Waals surface area (Å²) in [4.78, 5) is 37.7. The van der Waals surface area contributed by atoms with E-state index in [-0.39, 0.29) is 6.54 Å². The number of nitrogens with zero attached hydrogens (tertiary/aromatic N) is 2. The van der Waals surface area contributed by atoms with Crippen LogP contribution in [-0.4, -0.2) is 39.8 Å². The number of hydrogen-bond donors (Lipinski definition) is 2. The first-order valence-corrected chi connectivity index (χ1v) is 8.74. The topological polar surface area (TPSA) is 108 Å². The zero-order valence-electron chi connectivity index (χ0n) is 16.7. The standard InChI is InChI=1S/C19H28N4O4/c1-18(2,3)14(15(20)24)21-16(25)23-13-10-8-7-9-12(13)22(17(23)26)11-19(4,5)27-6/h7-10,14H,11H2,1-6H3,(H2,20,24)(H,21,25)/t14-/m1/s1. The SMILES string of the molecule is COC(C)(C)Cn1c(=O)n(C(=O)N[C@H](C(N)=O)C(C)(C)C)c2ccccc21. The van der Waals surface area contributed by atoms with Crippen molar-refractivity contribution in [3.63, 3.8) is 0 Å². The number of rotatable bonds is 5. The number of aromatic nitrogens is 2. The van der Waals surface area contributed by atoms with Crippen molar-refractivity contribution in [3.8, 4) is 0 Å². The number of amides is 2. The third-order valence-corrected chi connectivity index (χ3v) is 4.55. The first-order chi connectivity index (χ1) is 12.4. The lowest BCUT2D eigenvalue weighted by Gasteiger charge is -2.28. The van der Waals surface area contributed by atoms with Gasteiger partial charge in [0.25, 0.3) is 0 Å². The minimum Gasteiger partial charge on any atom is -0.377 e. The van der Waals surface area contributed by atoms with E-state index >= 15 is 0 Å². The Morgan fingerprint density at radius 1 is 1.15 bits per heavy atom. The summed E-state index contributed by atoms with van der Waals surface area (Å²) in [6.45, 7) is 9.34. The summed E-state index contributed by atoms with van der Waals surface area (Å²) in [6, 6.07) is 5.37. The maximum Gasteiger partial charge on any atom is 0.337 e. The number of ether oxygens (including phenoxy) is 1. The first kappa shape index (κ1) is 20.7. The van der Waals surface area contributed by atoms with Crippen molar-refractivity contribution in [2.24, 2.45) is 11.1 Å². The Hall–Kier alpha value is -2.61. The number of imidazole rings is 1. The maximum atomic E-state index is 13.0. The van der Waals surface area contributed by atoms with Gasteiger partial charge in [-0.2, -0.15) is 0 Å². The van der Waals surface area contributed by atoms with Crippen LogP contribution in [0.3, 0.4) is 0 Å². The van der Waals surface area contributed by atoms with E-state index in [1.54, 1.807) is 52.1 Å². The van der Waals surface area contributed by atoms with Gasteiger partial charge in [0.2, 0.25) is 5.91 Å². The van der Waals surface area contributed by atoms with Gasteiger partial charge in [0, 0.05) is 7.11 Å². The molecule has 0 aliphatic rings. The van der Waals surface area contributed by atoms with Gasteiger partial charge >= 0.3 is 11.7 Å². The smallest absolute Gasteiger partial charge is 0.337 e. The van der Waals surface area contributed by atoms with E-state index in [0.717, 1.165) is 4.57 Å². The average molecular weight is 376 g/mol. The number of carbonyl (C=O) groups is 2. The summed E-state index contributed by atoms with van der Waals surface area (Å²) in [5, 5.41) is 2.60. The van der Waals surface area contributed by atoms with Gasteiger partial charge in [-0.25, -0.2) is 14.2 Å². The highest BCUT2D eigenvalue weighted by molar-refractivity contribution is 5.92. The lowest BCUT2D eigenvalue weighted by Crippen LogP contribution is -2.54. The Labute approximate surface area is 158 Å². The highest BCUT2D eigenvalue weighted by Crippen LogP contribution is 2.20. The van der Waals surface area contributed by atoms with Crippen molar-refractivity contribution >= 4 is 23.0 Å². The van der Waals surface area contributed by atoms with E-state index in [1.165, 1.54) is 4.57 Å². The van der Waals surface area contributed by atoms with E-state index in [2.05, 4.69) is 5.32 Å². The van der Waals surface area contributed by atoms with Gasteiger partial charge in [0.1, 0.15) is 6.04 Å². The number of fused-ring (bicyclic) bond motifs is 1. The summed E-state index contributed by atoms with van der Waals surface area (Å²) >= 11 is 0. The number of nitrogens with one attached hydrogen (secondary N) is 1. The Balaban J connectivity index is 2.56. The average Bonchev–Trinajstić information content (AvgIpc) is 2.83. The lowest BCUT2D eigenvalue weighted by atomic mass is 9.86. The molecule has 8 heteroatoms. The van der Waals surface area contributed by atoms with Crippen LogP contribution in [0.15, 0.2) is 29.1 Å². The number of para-hydroxylation sites is 2. The predicted molar refractivity (Wildman–Crippen MR) is 104 cm³/mol. The second-order valence-electron chi connectivity index (χ2n) is 8.31. The minimum absolute atomic E-state index is 0.266. The fraction of sp³-hybridized carbons (Fsp3) is 0.526. The van der Waals surface area contributed by atoms with Crippen molar-refractivity contribution in [1.29, 1.82) is 0 Å². The Bertz CT molecular complexity index is 918. The fourth-order valence-corrected chi connectivity index (χ4v) is 2.91. The second kappa shape index (κ2) is 7.19. The number of nitrogens with two attached hydrogens (primary N) is 1. The molecule has 0 saturated heterocycles. The van der Waals surface area contributed by atoms with Crippen LogP contribution in [0, 0.1) is 5.41 Å². The van der Waals surface area contributed by atoms with Crippen molar-refractivity contribution in [2.75, 3.05) is 7.11 Å². The molecule has 0 radical (unpaired) electrons. The molecule has 1 heterocycles. The number of hydrogen-bond acceptors (Lipinski definition) is 4. The van der Waals surface area contributed by atoms with Gasteiger partial charge < -0.3 is 15.8 Å². The quantitative estimate of drug-likeness (QED) is 0.827. The Morgan fingerprint density at radius 2 is 1.70 bits per heavy atom. The largest absolute Gasteiger partial charge is 0.377 e. The summed E-state index contributed by atoms with van der Waals surface area (Å²) in [5.74, 6) is -0.659. The van der Waals surface area contributed by atoms with Crippen molar-refractivity contribution in [2.45, 2.75) is 52.8 Å². The minimum atomic E-state index is -0.922. The van der Waals surface area contributed by atoms with E-state index < -0.39 is 34.7 Å².